The van der Waals surface area contributed by atoms with E-state index < -0.39 is 11.8 Å². The molecule has 17 heavy (non-hydrogen) atoms. The average molecular weight is 410 g/mol. The van der Waals surface area contributed by atoms with Crippen LogP contribution in [0, 0.1) is 9.39 Å². The fourth-order valence-corrected chi connectivity index (χ4v) is 2.61. The molecule has 0 saturated carbocycles. The zero-order chi connectivity index (χ0) is 12.6. The van der Waals surface area contributed by atoms with Crippen molar-refractivity contribution in [1.82, 2.24) is 4.57 Å². The van der Waals surface area contributed by atoms with E-state index >= 15 is 0 Å². The van der Waals surface area contributed by atoms with E-state index in [1.807, 2.05) is 22.6 Å². The molecule has 0 bridgehead atoms. The lowest BCUT2D eigenvalue weighted by Gasteiger charge is -2.09. The molecule has 1 aromatic heterocycles. The molecule has 3 nitrogen and oxygen atoms in total. The van der Waals surface area contributed by atoms with Crippen LogP contribution in [0.4, 0.5) is 4.39 Å². The van der Waals surface area contributed by atoms with E-state index in [1.165, 1.54) is 16.7 Å². The van der Waals surface area contributed by atoms with E-state index in [4.69, 9.17) is 5.11 Å². The smallest absolute Gasteiger partial charge is 0.352 e. The molecule has 1 heterocycles. The summed E-state index contributed by atoms with van der Waals surface area (Å²) in [6.07, 6.45) is 1.58. The molecule has 0 amide bonds. The van der Waals surface area contributed by atoms with Gasteiger partial charge in [0.15, 0.2) is 0 Å². The lowest BCUT2D eigenvalue weighted by atomic mass is 10.3. The van der Waals surface area contributed by atoms with Crippen molar-refractivity contribution >= 4 is 44.5 Å². The number of benzene rings is 1. The lowest BCUT2D eigenvalue weighted by molar-refractivity contribution is 0.0688. The Morgan fingerprint density at radius 3 is 2.76 bits per heavy atom. The van der Waals surface area contributed by atoms with Gasteiger partial charge in [-0.05, 0) is 56.7 Å². The summed E-state index contributed by atoms with van der Waals surface area (Å²) in [6.45, 7) is 0. The van der Waals surface area contributed by atoms with E-state index in [0.717, 1.165) is 3.57 Å². The second kappa shape index (κ2) is 4.77. The van der Waals surface area contributed by atoms with Gasteiger partial charge in [-0.25, -0.2) is 9.18 Å². The Labute approximate surface area is 119 Å². The molecule has 0 unspecified atom stereocenters. The van der Waals surface area contributed by atoms with Crippen molar-refractivity contribution in [2.75, 3.05) is 0 Å². The van der Waals surface area contributed by atoms with Gasteiger partial charge in [-0.3, -0.25) is 0 Å². The number of aromatic nitrogens is 1. The van der Waals surface area contributed by atoms with Crippen LogP contribution in [0.2, 0.25) is 0 Å². The molecule has 0 spiro atoms. The summed E-state index contributed by atoms with van der Waals surface area (Å²) in [5, 5.41) is 9.06. The SMILES string of the molecule is O=C(O)c1cc(I)cn1-c1c(F)cccc1Br. The summed E-state index contributed by atoms with van der Waals surface area (Å²) in [5.41, 5.74) is 0.230. The van der Waals surface area contributed by atoms with Crippen LogP contribution in [-0.2, 0) is 0 Å². The predicted molar refractivity (Wildman–Crippen MR) is 73.1 cm³/mol. The first-order valence-electron chi connectivity index (χ1n) is 4.56. The van der Waals surface area contributed by atoms with Gasteiger partial charge in [-0.1, -0.05) is 6.07 Å². The Balaban J connectivity index is 2.72. The van der Waals surface area contributed by atoms with Gasteiger partial charge in [0.25, 0.3) is 0 Å². The topological polar surface area (TPSA) is 42.2 Å². The third kappa shape index (κ3) is 2.37. The Morgan fingerprint density at radius 2 is 2.18 bits per heavy atom. The third-order valence-electron chi connectivity index (χ3n) is 2.18. The number of halogens is 3. The van der Waals surface area contributed by atoms with Crippen LogP contribution in [0.25, 0.3) is 5.69 Å². The van der Waals surface area contributed by atoms with Gasteiger partial charge in [0.05, 0.1) is 5.69 Å². The number of nitrogens with zero attached hydrogens (tertiary/aromatic N) is 1. The minimum absolute atomic E-state index is 0.0280. The number of para-hydroxylation sites is 1. The monoisotopic (exact) mass is 409 g/mol. The summed E-state index contributed by atoms with van der Waals surface area (Å²) in [7, 11) is 0. The summed E-state index contributed by atoms with van der Waals surface area (Å²) in [4.78, 5) is 11.1. The second-order valence-corrected chi connectivity index (χ2v) is 5.39. The number of rotatable bonds is 2. The largest absolute Gasteiger partial charge is 0.477 e. The zero-order valence-corrected chi connectivity index (χ0v) is 12.1. The summed E-state index contributed by atoms with van der Waals surface area (Å²) in [6, 6.07) is 6.00. The zero-order valence-electron chi connectivity index (χ0n) is 8.32. The van der Waals surface area contributed by atoms with Gasteiger partial charge in [0.1, 0.15) is 11.5 Å². The minimum Gasteiger partial charge on any atom is -0.477 e. The normalized spacial score (nSPS) is 10.5. The molecular formula is C11H6BrFINO2. The molecule has 0 aliphatic carbocycles. The lowest BCUT2D eigenvalue weighted by Crippen LogP contribution is -2.07. The molecule has 6 heteroatoms. The maximum atomic E-state index is 13.7. The molecule has 0 aliphatic heterocycles. The van der Waals surface area contributed by atoms with Gasteiger partial charge in [-0.2, -0.15) is 0 Å². The fraction of sp³-hybridized carbons (Fsp3) is 0. The fourth-order valence-electron chi connectivity index (χ4n) is 1.50. The van der Waals surface area contributed by atoms with Crippen molar-refractivity contribution in [1.29, 1.82) is 0 Å². The first-order valence-corrected chi connectivity index (χ1v) is 6.43. The first-order chi connectivity index (χ1) is 8.00. The van der Waals surface area contributed by atoms with Crippen molar-refractivity contribution < 1.29 is 14.3 Å². The Hall–Kier alpha value is -0.890. The van der Waals surface area contributed by atoms with Crippen molar-refractivity contribution in [2.45, 2.75) is 0 Å². The first kappa shape index (κ1) is 12.6. The number of hydrogen-bond acceptors (Lipinski definition) is 1. The molecule has 0 fully saturated rings. The number of aromatic carboxylic acids is 1. The van der Waals surface area contributed by atoms with Crippen molar-refractivity contribution in [3.63, 3.8) is 0 Å². The van der Waals surface area contributed by atoms with Gasteiger partial charge in [0.2, 0.25) is 0 Å². The van der Waals surface area contributed by atoms with E-state index in [2.05, 4.69) is 15.9 Å². The number of carboxylic acid groups (broad SMARTS) is 1. The molecule has 88 valence electrons. The summed E-state index contributed by atoms with van der Waals surface area (Å²) in [5.74, 6) is -1.57. The van der Waals surface area contributed by atoms with Crippen molar-refractivity contribution in [3.8, 4) is 5.69 Å². The quantitative estimate of drug-likeness (QED) is 0.769. The van der Waals surface area contributed by atoms with E-state index in [0.29, 0.717) is 4.47 Å². The molecule has 1 N–H and O–H groups in total. The number of hydrogen-bond donors (Lipinski definition) is 1. The second-order valence-electron chi connectivity index (χ2n) is 3.29. The molecule has 2 rings (SSSR count). The van der Waals surface area contributed by atoms with Crippen LogP contribution in [0.3, 0.4) is 0 Å². The molecular weight excluding hydrogens is 404 g/mol. The van der Waals surface area contributed by atoms with Crippen molar-refractivity contribution in [2.24, 2.45) is 0 Å². The van der Waals surface area contributed by atoms with Gasteiger partial charge in [-0.15, -0.1) is 0 Å². The minimum atomic E-state index is -1.09. The number of carbonyl (C=O) groups is 1. The third-order valence-corrected chi connectivity index (χ3v) is 3.41. The van der Waals surface area contributed by atoms with Crippen LogP contribution in [-0.4, -0.2) is 15.6 Å². The molecule has 0 aliphatic rings. The standard InChI is InChI=1S/C11H6BrFINO2/c12-7-2-1-3-8(13)10(7)15-5-6(14)4-9(15)11(16)17/h1-5H,(H,16,17). The van der Waals surface area contributed by atoms with Crippen LogP contribution in [0.5, 0.6) is 0 Å². The maximum absolute atomic E-state index is 13.7. The van der Waals surface area contributed by atoms with Gasteiger partial charge in [0, 0.05) is 14.2 Å². The highest BCUT2D eigenvalue weighted by Gasteiger charge is 2.17. The van der Waals surface area contributed by atoms with Gasteiger partial charge >= 0.3 is 5.97 Å². The Kier molecular flexibility index (Phi) is 3.53. The molecule has 0 atom stereocenters. The number of carboxylic acids is 1. The predicted octanol–water partition coefficient (Wildman–Crippen LogP) is 3.68. The van der Waals surface area contributed by atoms with E-state index in [9.17, 15) is 9.18 Å². The highest BCUT2D eigenvalue weighted by atomic mass is 127. The van der Waals surface area contributed by atoms with Crippen molar-refractivity contribution in [3.05, 3.63) is 50.0 Å². The summed E-state index contributed by atoms with van der Waals surface area (Å²) < 4.78 is 16.3. The molecule has 0 radical (unpaired) electrons. The Morgan fingerprint density at radius 1 is 1.47 bits per heavy atom. The molecule has 0 saturated heterocycles. The van der Waals surface area contributed by atoms with E-state index in [-0.39, 0.29) is 11.4 Å². The Bertz CT molecular complexity index is 577. The molecule has 1 aromatic carbocycles. The highest BCUT2D eigenvalue weighted by molar-refractivity contribution is 14.1. The summed E-state index contributed by atoms with van der Waals surface area (Å²) >= 11 is 5.21. The maximum Gasteiger partial charge on any atom is 0.352 e. The highest BCUT2D eigenvalue weighted by Crippen LogP contribution is 2.27. The van der Waals surface area contributed by atoms with Crippen LogP contribution in [0.15, 0.2) is 34.9 Å². The van der Waals surface area contributed by atoms with Crippen LogP contribution < -0.4 is 0 Å². The average Bonchev–Trinajstić information content (AvgIpc) is 2.60. The van der Waals surface area contributed by atoms with Crippen LogP contribution in [0.1, 0.15) is 10.5 Å². The van der Waals surface area contributed by atoms with Crippen LogP contribution >= 0.6 is 38.5 Å². The van der Waals surface area contributed by atoms with Gasteiger partial charge < -0.3 is 9.67 Å². The molecule has 2 aromatic rings. The van der Waals surface area contributed by atoms with E-state index in [1.54, 1.807) is 18.3 Å².